The van der Waals surface area contributed by atoms with Crippen LogP contribution in [0.15, 0.2) is 54.7 Å². The van der Waals surface area contributed by atoms with Gasteiger partial charge in [-0.15, -0.1) is 0 Å². The number of carbonyl (C=O) groups is 2. The largest absolute Gasteiger partial charge is 0.336 e. The van der Waals surface area contributed by atoms with Gasteiger partial charge in [0.05, 0.1) is 5.69 Å². The van der Waals surface area contributed by atoms with Gasteiger partial charge >= 0.3 is 0 Å². The maximum absolute atomic E-state index is 13.1. The average molecular weight is 502 g/mol. The molecule has 2 saturated heterocycles. The highest BCUT2D eigenvalue weighted by molar-refractivity contribution is 6.07. The number of allylic oxidation sites excluding steroid dienone is 1. The Labute approximate surface area is 220 Å². The van der Waals surface area contributed by atoms with Gasteiger partial charge in [-0.3, -0.25) is 14.6 Å². The third-order valence-electron chi connectivity index (χ3n) is 8.00. The van der Waals surface area contributed by atoms with Gasteiger partial charge in [0.15, 0.2) is 5.78 Å². The Morgan fingerprint density at radius 3 is 2.08 bits per heavy atom. The molecule has 1 amide bonds. The number of rotatable bonds is 7. The normalized spacial score (nSPS) is 20.9. The minimum Gasteiger partial charge on any atom is -0.336 e. The lowest BCUT2D eigenvalue weighted by molar-refractivity contribution is -0.0684. The van der Waals surface area contributed by atoms with Crippen molar-refractivity contribution >= 4 is 17.8 Å². The van der Waals surface area contributed by atoms with Crippen LogP contribution in [0.5, 0.6) is 0 Å². The van der Waals surface area contributed by atoms with E-state index in [1.165, 1.54) is 51.0 Å². The van der Waals surface area contributed by atoms with Crippen LogP contribution in [0.2, 0.25) is 0 Å². The van der Waals surface area contributed by atoms with E-state index in [1.54, 1.807) is 36.5 Å². The molecular weight excluding hydrogens is 462 g/mol. The van der Waals surface area contributed by atoms with Crippen LogP contribution in [-0.4, -0.2) is 82.9 Å². The van der Waals surface area contributed by atoms with Gasteiger partial charge < -0.3 is 10.2 Å². The van der Waals surface area contributed by atoms with E-state index in [1.807, 2.05) is 23.1 Å². The van der Waals surface area contributed by atoms with E-state index in [-0.39, 0.29) is 11.7 Å². The van der Waals surface area contributed by atoms with E-state index in [4.69, 9.17) is 0 Å². The van der Waals surface area contributed by atoms with Crippen LogP contribution in [-0.2, 0) is 0 Å². The Bertz CT molecular complexity index is 1050. The second-order valence-corrected chi connectivity index (χ2v) is 10.5. The number of benzene rings is 1. The number of ketones is 1. The topological polar surface area (TPSA) is 68.8 Å². The summed E-state index contributed by atoms with van der Waals surface area (Å²) >= 11 is 0. The number of piperidine rings is 1. The van der Waals surface area contributed by atoms with Crippen molar-refractivity contribution in [2.75, 3.05) is 39.3 Å². The van der Waals surface area contributed by atoms with E-state index >= 15 is 0 Å². The summed E-state index contributed by atoms with van der Waals surface area (Å²) < 4.78 is 0. The molecule has 7 heteroatoms. The molecule has 5 rings (SSSR count). The molecule has 0 atom stereocenters. The van der Waals surface area contributed by atoms with E-state index < -0.39 is 0 Å². The van der Waals surface area contributed by atoms with Gasteiger partial charge in [-0.1, -0.05) is 37.5 Å². The summed E-state index contributed by atoms with van der Waals surface area (Å²) in [6.45, 7) is 5.41. The molecule has 3 aliphatic rings. The summed E-state index contributed by atoms with van der Waals surface area (Å²) in [5.41, 5.74) is 1.94. The maximum atomic E-state index is 13.1. The van der Waals surface area contributed by atoms with E-state index in [0.717, 1.165) is 51.0 Å². The molecule has 1 aliphatic carbocycles. The number of piperazine rings is 1. The molecule has 0 bridgehead atoms. The average Bonchev–Trinajstić information content (AvgIpc) is 2.97. The summed E-state index contributed by atoms with van der Waals surface area (Å²) in [5.74, 6) is -0.0611. The monoisotopic (exact) mass is 501 g/mol. The van der Waals surface area contributed by atoms with Crippen molar-refractivity contribution in [2.45, 2.75) is 57.0 Å². The zero-order chi connectivity index (χ0) is 25.5. The van der Waals surface area contributed by atoms with Gasteiger partial charge in [-0.25, -0.2) is 10.0 Å². The summed E-state index contributed by atoms with van der Waals surface area (Å²) in [6.07, 6.45) is 14.2. The highest BCUT2D eigenvalue weighted by Crippen LogP contribution is 2.21. The second kappa shape index (κ2) is 12.6. The van der Waals surface area contributed by atoms with Gasteiger partial charge in [0.2, 0.25) is 0 Å². The first kappa shape index (κ1) is 25.8. The first-order valence-electron chi connectivity index (χ1n) is 13.9. The summed E-state index contributed by atoms with van der Waals surface area (Å²) in [4.78, 5) is 31.7. The second-order valence-electron chi connectivity index (χ2n) is 10.5. The quantitative estimate of drug-likeness (QED) is 0.456. The number of hydrogen-bond acceptors (Lipinski definition) is 6. The Kier molecular flexibility index (Phi) is 8.76. The molecule has 1 saturated carbocycles. The van der Waals surface area contributed by atoms with Crippen molar-refractivity contribution in [3.63, 3.8) is 0 Å². The summed E-state index contributed by atoms with van der Waals surface area (Å²) in [6, 6.07) is 14.0. The fourth-order valence-electron chi connectivity index (χ4n) is 5.79. The zero-order valence-corrected chi connectivity index (χ0v) is 21.7. The van der Waals surface area contributed by atoms with Crippen LogP contribution in [0.4, 0.5) is 0 Å². The fraction of sp³-hybridized carbons (Fsp3) is 0.500. The number of aromatic nitrogens is 1. The Balaban J connectivity index is 1.06. The molecule has 0 unspecified atom stereocenters. The lowest BCUT2D eigenvalue weighted by Crippen LogP contribution is -2.58. The van der Waals surface area contributed by atoms with E-state index in [9.17, 15) is 9.59 Å². The van der Waals surface area contributed by atoms with Crippen LogP contribution in [0.25, 0.3) is 6.08 Å². The maximum Gasteiger partial charge on any atom is 0.253 e. The van der Waals surface area contributed by atoms with Crippen LogP contribution >= 0.6 is 0 Å². The molecule has 0 radical (unpaired) electrons. The highest BCUT2D eigenvalue weighted by atomic mass is 16.2. The van der Waals surface area contributed by atoms with Crippen molar-refractivity contribution < 1.29 is 9.59 Å². The smallest absolute Gasteiger partial charge is 0.253 e. The lowest BCUT2D eigenvalue weighted by Gasteiger charge is -2.44. The van der Waals surface area contributed by atoms with Crippen LogP contribution < -0.4 is 5.32 Å². The Hall–Kier alpha value is -2.87. The van der Waals surface area contributed by atoms with Gasteiger partial charge in [-0.2, -0.15) is 0 Å². The number of pyridine rings is 1. The Morgan fingerprint density at radius 1 is 0.757 bits per heavy atom. The first-order chi connectivity index (χ1) is 18.2. The third-order valence-corrected chi connectivity index (χ3v) is 8.00. The molecule has 2 aromatic rings. The summed E-state index contributed by atoms with van der Waals surface area (Å²) in [7, 11) is 0. The van der Waals surface area contributed by atoms with Crippen molar-refractivity contribution in [1.82, 2.24) is 25.2 Å². The molecule has 7 nitrogen and oxygen atoms in total. The molecule has 3 heterocycles. The molecule has 37 heavy (non-hydrogen) atoms. The lowest BCUT2D eigenvalue weighted by atomic mass is 9.93. The van der Waals surface area contributed by atoms with Crippen LogP contribution in [0.3, 0.4) is 0 Å². The van der Waals surface area contributed by atoms with Crippen molar-refractivity contribution in [3.05, 3.63) is 71.6 Å². The summed E-state index contributed by atoms with van der Waals surface area (Å²) in [5, 5.41) is 8.86. The minimum atomic E-state index is -0.101. The predicted molar refractivity (Wildman–Crippen MR) is 146 cm³/mol. The molecule has 196 valence electrons. The van der Waals surface area contributed by atoms with Crippen LogP contribution in [0, 0.1) is 0 Å². The van der Waals surface area contributed by atoms with Gasteiger partial charge in [0.1, 0.15) is 0 Å². The molecule has 1 N–H and O–H groups in total. The number of hydrogen-bond donors (Lipinski definition) is 1. The highest BCUT2D eigenvalue weighted by Gasteiger charge is 2.29. The van der Waals surface area contributed by atoms with E-state index in [2.05, 4.69) is 20.3 Å². The van der Waals surface area contributed by atoms with Crippen molar-refractivity contribution in [1.29, 1.82) is 0 Å². The standard InChI is InChI=1S/C30H39N5O2/c36-29(14-13-26-6-4-5-17-31-26)24-9-11-25(12-10-24)30(37)33-20-22-35(23-21-33)34-18-15-28(16-19-34)32-27-7-2-1-3-8-27/h4-6,9-14,17,27-28,32H,1-3,7-8,15-16,18-23H2. The van der Waals surface area contributed by atoms with Gasteiger partial charge in [0.25, 0.3) is 5.91 Å². The van der Waals surface area contributed by atoms with E-state index in [0.29, 0.717) is 17.2 Å². The first-order valence-corrected chi connectivity index (χ1v) is 13.9. The SMILES string of the molecule is O=C(C=Cc1ccccn1)c1ccc(C(=O)N2CCN(N3CCC(NC4CCCCC4)CC3)CC2)cc1. The fourth-order valence-corrected chi connectivity index (χ4v) is 5.79. The molecule has 2 aliphatic heterocycles. The predicted octanol–water partition coefficient (Wildman–Crippen LogP) is 4.04. The minimum absolute atomic E-state index is 0.0399. The molecule has 3 fully saturated rings. The number of carbonyl (C=O) groups excluding carboxylic acids is 2. The third kappa shape index (κ3) is 6.92. The molecule has 0 spiro atoms. The van der Waals surface area contributed by atoms with Gasteiger partial charge in [-0.05, 0) is 62.1 Å². The van der Waals surface area contributed by atoms with Crippen molar-refractivity contribution in [3.8, 4) is 0 Å². The molecule has 1 aromatic heterocycles. The Morgan fingerprint density at radius 2 is 1.41 bits per heavy atom. The van der Waals surface area contributed by atoms with Crippen LogP contribution in [0.1, 0.15) is 71.4 Å². The molecular formula is C30H39N5O2. The number of nitrogens with one attached hydrogen (secondary N) is 1. The van der Waals surface area contributed by atoms with Crippen molar-refractivity contribution in [2.24, 2.45) is 0 Å². The number of amides is 1. The number of nitrogens with zero attached hydrogens (tertiary/aromatic N) is 4. The van der Waals surface area contributed by atoms with Gasteiger partial charge in [0, 0.05) is 68.7 Å². The number of hydrazine groups is 1. The molecule has 1 aromatic carbocycles. The zero-order valence-electron chi connectivity index (χ0n) is 21.7.